The van der Waals surface area contributed by atoms with Gasteiger partial charge in [0.25, 0.3) is 0 Å². The van der Waals surface area contributed by atoms with E-state index in [9.17, 15) is 9.59 Å². The van der Waals surface area contributed by atoms with Crippen LogP contribution in [0.25, 0.3) is 10.8 Å². The van der Waals surface area contributed by atoms with Crippen molar-refractivity contribution in [3.63, 3.8) is 0 Å². The molecule has 0 spiro atoms. The van der Waals surface area contributed by atoms with Crippen LogP contribution in [0.15, 0.2) is 54.9 Å². The minimum Gasteiger partial charge on any atom is -0.325 e. The molecule has 3 aromatic rings. The van der Waals surface area contributed by atoms with E-state index in [0.29, 0.717) is 6.54 Å². The van der Waals surface area contributed by atoms with E-state index >= 15 is 0 Å². The van der Waals surface area contributed by atoms with Crippen LogP contribution in [0.1, 0.15) is 17.5 Å². The zero-order chi connectivity index (χ0) is 19.0. The topological polar surface area (TPSA) is 62.3 Å². The minimum absolute atomic E-state index is 0.00836. The Kier molecular flexibility index (Phi) is 4.36. The number of nitrogens with one attached hydrogen (secondary N) is 1. The zero-order valence-electron chi connectivity index (χ0n) is 15.4. The van der Waals surface area contributed by atoms with E-state index in [1.807, 2.05) is 56.3 Å². The molecule has 0 bridgehead atoms. The van der Waals surface area contributed by atoms with E-state index in [0.717, 1.165) is 33.3 Å². The van der Waals surface area contributed by atoms with Crippen LogP contribution in [0.4, 0.5) is 11.4 Å². The number of carbonyl (C=O) groups excluding carboxylic acids is 2. The van der Waals surface area contributed by atoms with Crippen molar-refractivity contribution in [1.82, 2.24) is 4.98 Å². The molecule has 5 heteroatoms. The van der Waals surface area contributed by atoms with Crippen molar-refractivity contribution in [2.75, 3.05) is 16.8 Å². The summed E-state index contributed by atoms with van der Waals surface area (Å²) in [7, 11) is 0. The van der Waals surface area contributed by atoms with Crippen molar-refractivity contribution < 1.29 is 9.59 Å². The molecule has 1 aliphatic heterocycles. The van der Waals surface area contributed by atoms with Crippen LogP contribution in [0.5, 0.6) is 0 Å². The van der Waals surface area contributed by atoms with Crippen LogP contribution in [-0.2, 0) is 9.59 Å². The smallest absolute Gasteiger partial charge is 0.229 e. The monoisotopic (exact) mass is 359 g/mol. The first-order valence-electron chi connectivity index (χ1n) is 9.05. The summed E-state index contributed by atoms with van der Waals surface area (Å²) in [5, 5.41) is 4.91. The van der Waals surface area contributed by atoms with Crippen molar-refractivity contribution >= 4 is 34.0 Å². The van der Waals surface area contributed by atoms with Crippen molar-refractivity contribution in [2.45, 2.75) is 20.3 Å². The predicted octanol–water partition coefficient (Wildman–Crippen LogP) is 3.84. The van der Waals surface area contributed by atoms with Crippen molar-refractivity contribution in [1.29, 1.82) is 0 Å². The normalized spacial score (nSPS) is 16.7. The lowest BCUT2D eigenvalue weighted by Gasteiger charge is -2.20. The molecule has 27 heavy (non-hydrogen) atoms. The maximum atomic E-state index is 12.8. The van der Waals surface area contributed by atoms with E-state index in [1.54, 1.807) is 17.3 Å². The zero-order valence-corrected chi connectivity index (χ0v) is 15.4. The Hall–Kier alpha value is -3.21. The maximum Gasteiger partial charge on any atom is 0.229 e. The number of carbonyl (C=O) groups is 2. The quantitative estimate of drug-likeness (QED) is 0.773. The van der Waals surface area contributed by atoms with E-state index in [2.05, 4.69) is 10.3 Å². The highest BCUT2D eigenvalue weighted by Gasteiger charge is 2.35. The average molecular weight is 359 g/mol. The molecule has 0 aliphatic carbocycles. The third-order valence-corrected chi connectivity index (χ3v) is 5.30. The molecule has 136 valence electrons. The molecule has 1 atom stereocenters. The Morgan fingerprint density at radius 3 is 2.81 bits per heavy atom. The number of aromatic nitrogens is 1. The summed E-state index contributed by atoms with van der Waals surface area (Å²) in [6, 6.07) is 13.5. The number of amides is 2. The highest BCUT2D eigenvalue weighted by atomic mass is 16.2. The lowest BCUT2D eigenvalue weighted by Crippen LogP contribution is -2.28. The summed E-state index contributed by atoms with van der Waals surface area (Å²) < 4.78 is 0. The molecule has 1 N–H and O–H groups in total. The molecule has 1 saturated heterocycles. The molecule has 1 aromatic heterocycles. The van der Waals surface area contributed by atoms with Gasteiger partial charge in [0.1, 0.15) is 0 Å². The van der Waals surface area contributed by atoms with Crippen molar-refractivity contribution in [3.8, 4) is 0 Å². The first kappa shape index (κ1) is 17.2. The summed E-state index contributed by atoms with van der Waals surface area (Å²) in [5.74, 6) is -0.499. The number of pyridine rings is 1. The Balaban J connectivity index is 1.55. The van der Waals surface area contributed by atoms with Gasteiger partial charge in [-0.15, -0.1) is 0 Å². The molecular formula is C22H21N3O2. The Morgan fingerprint density at radius 1 is 1.15 bits per heavy atom. The van der Waals surface area contributed by atoms with Gasteiger partial charge in [-0.25, -0.2) is 0 Å². The van der Waals surface area contributed by atoms with Crippen LogP contribution in [-0.4, -0.2) is 23.3 Å². The number of fused-ring (bicyclic) bond motifs is 1. The minimum atomic E-state index is -0.366. The molecule has 1 aliphatic rings. The highest BCUT2D eigenvalue weighted by molar-refractivity contribution is 6.07. The molecule has 5 nitrogen and oxygen atoms in total. The standard InChI is InChI=1S/C22H21N3O2/c1-14-5-3-8-20(15(14)2)25-13-17(11-21(25)26)22(27)24-19-7-4-6-16-12-23-10-9-18(16)19/h3-10,12,17H,11,13H2,1-2H3,(H,24,27)/t17-/m0/s1. The average Bonchev–Trinajstić information content (AvgIpc) is 3.06. The largest absolute Gasteiger partial charge is 0.325 e. The molecule has 2 heterocycles. The lowest BCUT2D eigenvalue weighted by molar-refractivity contribution is -0.122. The second kappa shape index (κ2) is 6.83. The Morgan fingerprint density at radius 2 is 1.96 bits per heavy atom. The fraction of sp³-hybridized carbons (Fsp3) is 0.227. The van der Waals surface area contributed by atoms with Gasteiger partial charge in [0, 0.05) is 47.5 Å². The van der Waals surface area contributed by atoms with Crippen LogP contribution in [0.2, 0.25) is 0 Å². The maximum absolute atomic E-state index is 12.8. The summed E-state index contributed by atoms with van der Waals surface area (Å²) >= 11 is 0. The van der Waals surface area contributed by atoms with Crippen LogP contribution >= 0.6 is 0 Å². The Labute approximate surface area is 158 Å². The lowest BCUT2D eigenvalue weighted by atomic mass is 10.1. The first-order valence-corrected chi connectivity index (χ1v) is 9.05. The van der Waals surface area contributed by atoms with Crippen molar-refractivity contribution in [2.24, 2.45) is 5.92 Å². The molecule has 0 unspecified atom stereocenters. The summed E-state index contributed by atoms with van der Waals surface area (Å²) in [6.45, 7) is 4.44. The van der Waals surface area contributed by atoms with Gasteiger partial charge >= 0.3 is 0 Å². The van der Waals surface area contributed by atoms with Gasteiger partial charge in [-0.1, -0.05) is 24.3 Å². The number of hydrogen-bond donors (Lipinski definition) is 1. The molecule has 0 radical (unpaired) electrons. The number of anilines is 2. The van der Waals surface area contributed by atoms with Gasteiger partial charge in [0.05, 0.1) is 5.92 Å². The molecule has 2 amide bonds. The van der Waals surface area contributed by atoms with Gasteiger partial charge in [0.15, 0.2) is 0 Å². The number of hydrogen-bond acceptors (Lipinski definition) is 3. The van der Waals surface area contributed by atoms with Gasteiger partial charge < -0.3 is 10.2 Å². The number of benzene rings is 2. The molecule has 2 aromatic carbocycles. The van der Waals surface area contributed by atoms with Gasteiger partial charge in [-0.05, 0) is 43.2 Å². The van der Waals surface area contributed by atoms with E-state index < -0.39 is 0 Å². The van der Waals surface area contributed by atoms with Crippen molar-refractivity contribution in [3.05, 3.63) is 66.0 Å². The SMILES string of the molecule is Cc1cccc(N2C[C@@H](C(=O)Nc3cccc4cnccc34)CC2=O)c1C. The number of aryl methyl sites for hydroxylation is 1. The fourth-order valence-corrected chi connectivity index (χ4v) is 3.61. The number of rotatable bonds is 3. The van der Waals surface area contributed by atoms with E-state index in [1.165, 1.54) is 0 Å². The second-order valence-corrected chi connectivity index (χ2v) is 7.02. The summed E-state index contributed by atoms with van der Waals surface area (Å²) in [5.41, 5.74) is 3.86. The first-order chi connectivity index (χ1) is 13.0. The summed E-state index contributed by atoms with van der Waals surface area (Å²) in [6.07, 6.45) is 3.71. The molecule has 1 fully saturated rings. The van der Waals surface area contributed by atoms with Gasteiger partial charge in [0.2, 0.25) is 11.8 Å². The van der Waals surface area contributed by atoms with Gasteiger partial charge in [-0.3, -0.25) is 14.6 Å². The fourth-order valence-electron chi connectivity index (χ4n) is 3.61. The van der Waals surface area contributed by atoms with E-state index in [4.69, 9.17) is 0 Å². The van der Waals surface area contributed by atoms with Crippen LogP contribution in [0, 0.1) is 19.8 Å². The molecular weight excluding hydrogens is 338 g/mol. The van der Waals surface area contributed by atoms with Crippen LogP contribution in [0.3, 0.4) is 0 Å². The second-order valence-electron chi connectivity index (χ2n) is 7.02. The predicted molar refractivity (Wildman–Crippen MR) is 107 cm³/mol. The number of nitrogens with zero attached hydrogens (tertiary/aromatic N) is 2. The van der Waals surface area contributed by atoms with Crippen LogP contribution < -0.4 is 10.2 Å². The Bertz CT molecular complexity index is 1040. The highest BCUT2D eigenvalue weighted by Crippen LogP contribution is 2.30. The van der Waals surface area contributed by atoms with E-state index in [-0.39, 0.29) is 24.2 Å². The molecule has 0 saturated carbocycles. The summed E-state index contributed by atoms with van der Waals surface area (Å²) in [4.78, 5) is 31.2. The third-order valence-electron chi connectivity index (χ3n) is 5.30. The third kappa shape index (κ3) is 3.16. The van der Waals surface area contributed by atoms with Gasteiger partial charge in [-0.2, -0.15) is 0 Å². The molecule has 4 rings (SSSR count).